The molecule has 0 saturated carbocycles. The normalized spacial score (nSPS) is 10.8. The fourth-order valence-corrected chi connectivity index (χ4v) is 1.52. The third-order valence-corrected chi connectivity index (χ3v) is 2.37. The Balaban J connectivity index is 3.22. The lowest BCUT2D eigenvalue weighted by Gasteiger charge is -1.92. The number of nitrogens with one attached hydrogen (secondary N) is 3. The van der Waals surface area contributed by atoms with E-state index < -0.39 is 0 Å². The first kappa shape index (κ1) is 8.39. The minimum atomic E-state index is -0.259. The van der Waals surface area contributed by atoms with E-state index in [9.17, 15) is 4.79 Å². The van der Waals surface area contributed by atoms with Crippen LogP contribution < -0.4 is 5.56 Å². The molecule has 0 aromatic carbocycles. The van der Waals surface area contributed by atoms with Crippen molar-refractivity contribution in [3.63, 3.8) is 0 Å². The van der Waals surface area contributed by atoms with Crippen LogP contribution in [0, 0.1) is 9.54 Å². The molecule has 0 fully saturated rings. The van der Waals surface area contributed by atoms with Crippen molar-refractivity contribution in [3.8, 4) is 0 Å². The number of imidazole rings is 1. The Labute approximate surface area is 82.4 Å². The van der Waals surface area contributed by atoms with Crippen LogP contribution in [0.1, 0.15) is 0 Å². The number of H-pyrrole nitrogens is 3. The van der Waals surface area contributed by atoms with Crippen molar-refractivity contribution in [3.05, 3.63) is 19.9 Å². The molecule has 0 bridgehead atoms. The average Bonchev–Trinajstić information content (AvgIpc) is 2.32. The van der Waals surface area contributed by atoms with Gasteiger partial charge in [0.2, 0.25) is 0 Å². The zero-order chi connectivity index (χ0) is 9.59. The molecule has 0 atom stereocenters. The van der Waals surface area contributed by atoms with Crippen molar-refractivity contribution in [1.82, 2.24) is 19.5 Å². The van der Waals surface area contributed by atoms with E-state index in [-0.39, 0.29) is 5.56 Å². The quantitative estimate of drug-likeness (QED) is 0.573. The van der Waals surface area contributed by atoms with E-state index in [1.165, 1.54) is 0 Å². The van der Waals surface area contributed by atoms with Crippen LogP contribution in [0.5, 0.6) is 0 Å². The maximum absolute atomic E-state index is 11.3. The zero-order valence-electron chi connectivity index (χ0n) is 6.67. The van der Waals surface area contributed by atoms with Crippen molar-refractivity contribution in [2.24, 2.45) is 7.05 Å². The summed E-state index contributed by atoms with van der Waals surface area (Å²) in [4.78, 5) is 19.4. The highest BCUT2D eigenvalue weighted by atomic mass is 32.1. The molecule has 0 aliphatic heterocycles. The maximum atomic E-state index is 11.3. The summed E-state index contributed by atoms with van der Waals surface area (Å²) in [6, 6.07) is 0. The van der Waals surface area contributed by atoms with Crippen LogP contribution >= 0.6 is 24.4 Å². The fourth-order valence-electron chi connectivity index (χ4n) is 1.13. The molecule has 0 amide bonds. The molecular formula is C6H6N4OS2. The first-order valence-electron chi connectivity index (χ1n) is 3.51. The number of hydrogen-bond acceptors (Lipinski definition) is 3. The Kier molecular flexibility index (Phi) is 1.70. The van der Waals surface area contributed by atoms with Crippen molar-refractivity contribution in [2.75, 3.05) is 0 Å². The third-order valence-electron chi connectivity index (χ3n) is 1.79. The van der Waals surface area contributed by atoms with Gasteiger partial charge in [0.15, 0.2) is 9.54 Å². The SMILES string of the molecule is Cn1c(=S)[nH]c2c(=O)[nH]c(=S)[nH]c21. The molecule has 0 radical (unpaired) electrons. The Morgan fingerprint density at radius 2 is 1.92 bits per heavy atom. The highest BCUT2D eigenvalue weighted by Crippen LogP contribution is 2.03. The molecule has 13 heavy (non-hydrogen) atoms. The van der Waals surface area contributed by atoms with E-state index in [4.69, 9.17) is 24.4 Å². The van der Waals surface area contributed by atoms with Crippen LogP contribution in [0.4, 0.5) is 0 Å². The molecule has 7 heteroatoms. The van der Waals surface area contributed by atoms with Gasteiger partial charge >= 0.3 is 0 Å². The second-order valence-electron chi connectivity index (χ2n) is 2.62. The summed E-state index contributed by atoms with van der Waals surface area (Å²) < 4.78 is 2.44. The maximum Gasteiger partial charge on any atom is 0.277 e. The fraction of sp³-hybridized carbons (Fsp3) is 0.167. The third kappa shape index (κ3) is 1.16. The molecule has 5 nitrogen and oxygen atoms in total. The molecule has 0 unspecified atom stereocenters. The molecule has 2 rings (SSSR count). The first-order chi connectivity index (χ1) is 6.09. The topological polar surface area (TPSA) is 69.4 Å². The lowest BCUT2D eigenvalue weighted by molar-refractivity contribution is 0.907. The standard InChI is InChI=1S/C6H6N4OS2/c1-10-3-2(7-6(10)13)4(11)9-5(12)8-3/h1H3,(H,7,13)(H2,8,9,11,12). The largest absolute Gasteiger partial charge is 0.325 e. The molecule has 3 N–H and O–H groups in total. The van der Waals surface area contributed by atoms with Gasteiger partial charge in [0, 0.05) is 7.05 Å². The number of fused-ring (bicyclic) bond motifs is 1. The van der Waals surface area contributed by atoms with Gasteiger partial charge in [-0.15, -0.1) is 0 Å². The van der Waals surface area contributed by atoms with E-state index in [0.717, 1.165) is 0 Å². The molecule has 0 aliphatic rings. The van der Waals surface area contributed by atoms with Crippen molar-refractivity contribution >= 4 is 35.6 Å². The number of rotatable bonds is 0. The van der Waals surface area contributed by atoms with Gasteiger partial charge in [0.1, 0.15) is 11.2 Å². The van der Waals surface area contributed by atoms with Crippen molar-refractivity contribution < 1.29 is 0 Å². The summed E-state index contributed by atoms with van der Waals surface area (Å²) in [6.07, 6.45) is 0. The minimum absolute atomic E-state index is 0.259. The van der Waals surface area contributed by atoms with Crippen LogP contribution in [0.3, 0.4) is 0 Å². The smallest absolute Gasteiger partial charge is 0.277 e. The van der Waals surface area contributed by atoms with Crippen molar-refractivity contribution in [1.29, 1.82) is 0 Å². The Hall–Kier alpha value is -1.21. The zero-order valence-corrected chi connectivity index (χ0v) is 8.30. The second kappa shape index (κ2) is 2.64. The number of aromatic nitrogens is 4. The van der Waals surface area contributed by atoms with Gasteiger partial charge in [0.25, 0.3) is 5.56 Å². The van der Waals surface area contributed by atoms with Gasteiger partial charge in [-0.1, -0.05) is 0 Å². The molecule has 2 heterocycles. The number of aromatic amines is 3. The van der Waals surface area contributed by atoms with Gasteiger partial charge < -0.3 is 14.5 Å². The summed E-state index contributed by atoms with van der Waals surface area (Å²) in [5.74, 6) is 0. The lowest BCUT2D eigenvalue weighted by Crippen LogP contribution is -2.08. The van der Waals surface area contributed by atoms with Crippen LogP contribution in [-0.4, -0.2) is 19.5 Å². The summed E-state index contributed by atoms with van der Waals surface area (Å²) >= 11 is 9.78. The molecule has 0 saturated heterocycles. The Morgan fingerprint density at radius 3 is 2.62 bits per heavy atom. The predicted octanol–water partition coefficient (Wildman–Crippen LogP) is 0.982. The first-order valence-corrected chi connectivity index (χ1v) is 4.32. The van der Waals surface area contributed by atoms with E-state index >= 15 is 0 Å². The van der Waals surface area contributed by atoms with Gasteiger partial charge in [-0.05, 0) is 24.4 Å². The predicted molar refractivity (Wildman–Crippen MR) is 53.9 cm³/mol. The molecule has 0 aliphatic carbocycles. The monoisotopic (exact) mass is 214 g/mol. The summed E-state index contributed by atoms with van der Waals surface area (Å²) in [6.45, 7) is 0. The van der Waals surface area contributed by atoms with E-state index in [1.807, 2.05) is 0 Å². The van der Waals surface area contributed by atoms with E-state index in [2.05, 4.69) is 15.0 Å². The van der Waals surface area contributed by atoms with E-state index in [0.29, 0.717) is 20.7 Å². The molecule has 68 valence electrons. The van der Waals surface area contributed by atoms with Crippen LogP contribution in [-0.2, 0) is 7.05 Å². The number of hydrogen-bond donors (Lipinski definition) is 3. The molecular weight excluding hydrogens is 208 g/mol. The van der Waals surface area contributed by atoms with Gasteiger partial charge in [-0.2, -0.15) is 0 Å². The Morgan fingerprint density at radius 1 is 1.23 bits per heavy atom. The minimum Gasteiger partial charge on any atom is -0.325 e. The summed E-state index contributed by atoms with van der Waals surface area (Å²) in [5, 5.41) is 0. The summed E-state index contributed by atoms with van der Waals surface area (Å²) in [7, 11) is 1.76. The highest BCUT2D eigenvalue weighted by Gasteiger charge is 2.04. The van der Waals surface area contributed by atoms with E-state index in [1.54, 1.807) is 11.6 Å². The Bertz CT molecular complexity index is 628. The summed E-state index contributed by atoms with van der Waals surface area (Å²) in [5.41, 5.74) is 0.769. The van der Waals surface area contributed by atoms with Crippen molar-refractivity contribution in [2.45, 2.75) is 0 Å². The molecule has 0 spiro atoms. The lowest BCUT2D eigenvalue weighted by atomic mass is 10.5. The number of aryl methyl sites for hydroxylation is 1. The van der Waals surface area contributed by atoms with Crippen LogP contribution in [0.15, 0.2) is 4.79 Å². The molecule has 2 aromatic heterocycles. The number of nitrogens with zero attached hydrogens (tertiary/aromatic N) is 1. The van der Waals surface area contributed by atoms with Crippen LogP contribution in [0.2, 0.25) is 0 Å². The van der Waals surface area contributed by atoms with Gasteiger partial charge in [0.05, 0.1) is 0 Å². The second-order valence-corrected chi connectivity index (χ2v) is 3.42. The van der Waals surface area contributed by atoms with Gasteiger partial charge in [-0.25, -0.2) is 0 Å². The highest BCUT2D eigenvalue weighted by molar-refractivity contribution is 7.71. The average molecular weight is 214 g/mol. The molecule has 2 aromatic rings. The van der Waals surface area contributed by atoms with Gasteiger partial charge in [-0.3, -0.25) is 9.78 Å². The van der Waals surface area contributed by atoms with Crippen LogP contribution in [0.25, 0.3) is 11.2 Å².